The summed E-state index contributed by atoms with van der Waals surface area (Å²) in [4.78, 5) is 36.7. The number of pyridine rings is 2. The van der Waals surface area contributed by atoms with E-state index < -0.39 is 18.1 Å². The van der Waals surface area contributed by atoms with Gasteiger partial charge in [-0.05, 0) is 72.3 Å². The van der Waals surface area contributed by atoms with Crippen LogP contribution in [0.1, 0.15) is 52.9 Å². The lowest BCUT2D eigenvalue weighted by Crippen LogP contribution is -2.35. The molecule has 1 N–H and O–H groups in total. The molecule has 6 rings (SSSR count). The molecule has 1 amide bonds. The molecule has 7 heteroatoms. The number of aldehydes is 1. The number of halogens is 1. The van der Waals surface area contributed by atoms with Gasteiger partial charge in [-0.1, -0.05) is 43.3 Å². The van der Waals surface area contributed by atoms with Gasteiger partial charge in [0.1, 0.15) is 18.8 Å². The van der Waals surface area contributed by atoms with Crippen LogP contribution in [0.4, 0.5) is 10.2 Å². The van der Waals surface area contributed by atoms with Crippen LogP contribution in [0.5, 0.6) is 0 Å². The highest BCUT2D eigenvalue weighted by atomic mass is 19.1. The summed E-state index contributed by atoms with van der Waals surface area (Å²) in [7, 11) is 0. The van der Waals surface area contributed by atoms with Crippen molar-refractivity contribution in [2.75, 3.05) is 11.9 Å². The first-order valence-corrected chi connectivity index (χ1v) is 13.1. The van der Waals surface area contributed by atoms with Crippen molar-refractivity contribution in [2.24, 2.45) is 0 Å². The third-order valence-corrected chi connectivity index (χ3v) is 7.92. The zero-order valence-corrected chi connectivity index (χ0v) is 21.3. The SMILES string of the molecule is CCCN(Cc1ccc2cc3c(cc2n1)CC1(C3)C(=O)Nc2ncccc21)C(C=O)c1ccc(CF)cc1. The van der Waals surface area contributed by atoms with E-state index in [-0.39, 0.29) is 5.91 Å². The highest BCUT2D eigenvalue weighted by Gasteiger charge is 2.51. The number of benzene rings is 2. The summed E-state index contributed by atoms with van der Waals surface area (Å²) in [5.41, 5.74) is 5.86. The average Bonchev–Trinajstić information content (AvgIpc) is 3.44. The highest BCUT2D eigenvalue weighted by molar-refractivity contribution is 6.06. The lowest BCUT2D eigenvalue weighted by molar-refractivity contribution is -0.120. The molecule has 2 aliphatic rings. The van der Waals surface area contributed by atoms with Gasteiger partial charge in [-0.3, -0.25) is 14.7 Å². The second-order valence-corrected chi connectivity index (χ2v) is 10.3. The van der Waals surface area contributed by atoms with Crippen molar-refractivity contribution in [2.45, 2.75) is 50.9 Å². The molecule has 1 aliphatic heterocycles. The first-order valence-electron chi connectivity index (χ1n) is 13.1. The fourth-order valence-corrected chi connectivity index (χ4v) is 6.02. The zero-order valence-electron chi connectivity index (χ0n) is 21.3. The van der Waals surface area contributed by atoms with Gasteiger partial charge in [0.05, 0.1) is 22.7 Å². The summed E-state index contributed by atoms with van der Waals surface area (Å²) in [5, 5.41) is 4.00. The smallest absolute Gasteiger partial charge is 0.237 e. The molecule has 0 fully saturated rings. The fraction of sp³-hybridized carbons (Fsp3) is 0.290. The minimum Gasteiger partial charge on any atom is -0.310 e. The van der Waals surface area contributed by atoms with Crippen LogP contribution in [-0.2, 0) is 41.1 Å². The first kappa shape index (κ1) is 24.4. The van der Waals surface area contributed by atoms with Crippen molar-refractivity contribution in [3.8, 4) is 0 Å². The molecule has 2 aromatic carbocycles. The number of nitrogens with zero attached hydrogens (tertiary/aromatic N) is 3. The number of hydrogen-bond donors (Lipinski definition) is 1. The Balaban J connectivity index is 1.29. The predicted octanol–water partition coefficient (Wildman–Crippen LogP) is 5.24. The van der Waals surface area contributed by atoms with E-state index in [4.69, 9.17) is 4.98 Å². The monoisotopic (exact) mass is 508 g/mol. The summed E-state index contributed by atoms with van der Waals surface area (Å²) < 4.78 is 13.0. The second kappa shape index (κ2) is 9.72. The van der Waals surface area contributed by atoms with E-state index >= 15 is 0 Å². The molecule has 4 aromatic rings. The summed E-state index contributed by atoms with van der Waals surface area (Å²) in [6, 6.07) is 18.9. The van der Waals surface area contributed by atoms with Crippen LogP contribution >= 0.6 is 0 Å². The van der Waals surface area contributed by atoms with Gasteiger partial charge in [0.15, 0.2) is 0 Å². The number of anilines is 1. The van der Waals surface area contributed by atoms with Gasteiger partial charge in [0, 0.05) is 23.7 Å². The van der Waals surface area contributed by atoms with Gasteiger partial charge in [-0.25, -0.2) is 9.37 Å². The number of hydrogen-bond acceptors (Lipinski definition) is 5. The Hall–Kier alpha value is -3.97. The van der Waals surface area contributed by atoms with Gasteiger partial charge >= 0.3 is 0 Å². The largest absolute Gasteiger partial charge is 0.310 e. The summed E-state index contributed by atoms with van der Waals surface area (Å²) in [5.74, 6) is 0.671. The van der Waals surface area contributed by atoms with Gasteiger partial charge < -0.3 is 10.1 Å². The molecule has 6 nitrogen and oxygen atoms in total. The van der Waals surface area contributed by atoms with Gasteiger partial charge in [0.2, 0.25) is 5.91 Å². The fourth-order valence-electron chi connectivity index (χ4n) is 6.02. The lowest BCUT2D eigenvalue weighted by atomic mass is 9.79. The maximum absolute atomic E-state index is 13.1. The Kier molecular flexibility index (Phi) is 6.24. The number of carbonyl (C=O) groups is 2. The van der Waals surface area contributed by atoms with Crippen LogP contribution in [-0.4, -0.2) is 33.6 Å². The Labute approximate surface area is 220 Å². The highest BCUT2D eigenvalue weighted by Crippen LogP contribution is 2.47. The lowest BCUT2D eigenvalue weighted by Gasteiger charge is -2.28. The molecular weight excluding hydrogens is 479 g/mol. The number of rotatable bonds is 8. The Morgan fingerprint density at radius 1 is 1.11 bits per heavy atom. The molecule has 1 spiro atoms. The maximum atomic E-state index is 13.1. The molecule has 2 aromatic heterocycles. The van der Waals surface area contributed by atoms with Crippen molar-refractivity contribution in [1.29, 1.82) is 0 Å². The van der Waals surface area contributed by atoms with Crippen LogP contribution < -0.4 is 5.32 Å². The maximum Gasteiger partial charge on any atom is 0.237 e. The second-order valence-electron chi connectivity index (χ2n) is 10.3. The summed E-state index contributed by atoms with van der Waals surface area (Å²) >= 11 is 0. The third kappa shape index (κ3) is 4.07. The topological polar surface area (TPSA) is 75.2 Å². The summed E-state index contributed by atoms with van der Waals surface area (Å²) in [6.07, 6.45) is 4.81. The molecule has 0 saturated heterocycles. The van der Waals surface area contributed by atoms with Gasteiger partial charge in [-0.15, -0.1) is 0 Å². The standard InChI is InChI=1S/C31H29FN4O2/c1-2-12-36(28(19-37)21-7-5-20(17-32)6-8-21)18-25-10-9-22-13-23-15-31(16-24(23)14-27(22)34-25)26-4-3-11-33-29(26)35-30(31)38/h3-11,13-14,19,28H,2,12,15-18H2,1H3,(H,33,35,38). The molecule has 3 heterocycles. The van der Waals surface area contributed by atoms with Crippen molar-refractivity contribution >= 4 is 28.9 Å². The quantitative estimate of drug-likeness (QED) is 0.330. The van der Waals surface area contributed by atoms with E-state index in [0.29, 0.717) is 30.8 Å². The van der Waals surface area contributed by atoms with Crippen LogP contribution in [0.2, 0.25) is 0 Å². The molecule has 38 heavy (non-hydrogen) atoms. The number of nitrogens with one attached hydrogen (secondary N) is 1. The molecule has 2 atom stereocenters. The predicted molar refractivity (Wildman–Crippen MR) is 144 cm³/mol. The van der Waals surface area contributed by atoms with Crippen molar-refractivity contribution < 1.29 is 14.0 Å². The van der Waals surface area contributed by atoms with Crippen molar-refractivity contribution in [3.05, 3.63) is 100 Å². The third-order valence-electron chi connectivity index (χ3n) is 7.92. The number of alkyl halides is 1. The van der Waals surface area contributed by atoms with Crippen molar-refractivity contribution in [1.82, 2.24) is 14.9 Å². The van der Waals surface area contributed by atoms with E-state index in [1.165, 1.54) is 5.56 Å². The number of aromatic nitrogens is 2. The van der Waals surface area contributed by atoms with E-state index in [1.807, 2.05) is 30.3 Å². The number of amides is 1. The molecular formula is C31H29FN4O2. The average molecular weight is 509 g/mol. The van der Waals surface area contributed by atoms with Gasteiger partial charge in [-0.2, -0.15) is 0 Å². The number of carbonyl (C=O) groups excluding carboxylic acids is 2. The Morgan fingerprint density at radius 3 is 2.63 bits per heavy atom. The van der Waals surface area contributed by atoms with Crippen LogP contribution in [0.15, 0.2) is 66.9 Å². The summed E-state index contributed by atoms with van der Waals surface area (Å²) in [6.45, 7) is 2.80. The van der Waals surface area contributed by atoms with Crippen LogP contribution in [0.3, 0.4) is 0 Å². The van der Waals surface area contributed by atoms with E-state index in [0.717, 1.165) is 52.5 Å². The minimum atomic E-state index is -0.612. The zero-order chi connectivity index (χ0) is 26.3. The van der Waals surface area contributed by atoms with E-state index in [1.54, 1.807) is 18.3 Å². The molecule has 2 unspecified atom stereocenters. The molecule has 0 bridgehead atoms. The Bertz CT molecular complexity index is 1540. The first-order chi connectivity index (χ1) is 18.5. The number of fused-ring (bicyclic) bond motifs is 4. The molecule has 0 radical (unpaired) electrons. The van der Waals surface area contributed by atoms with E-state index in [2.05, 4.69) is 40.3 Å². The Morgan fingerprint density at radius 2 is 1.89 bits per heavy atom. The van der Waals surface area contributed by atoms with Crippen molar-refractivity contribution in [3.63, 3.8) is 0 Å². The molecule has 1 aliphatic carbocycles. The normalized spacial score (nSPS) is 18.6. The molecule has 192 valence electrons. The van der Waals surface area contributed by atoms with E-state index in [9.17, 15) is 14.0 Å². The molecule has 0 saturated carbocycles. The van der Waals surface area contributed by atoms with Gasteiger partial charge in [0.25, 0.3) is 0 Å². The van der Waals surface area contributed by atoms with Crippen LogP contribution in [0, 0.1) is 0 Å². The van der Waals surface area contributed by atoms with Crippen LogP contribution in [0.25, 0.3) is 10.9 Å². The minimum absolute atomic E-state index is 0.00904.